The Labute approximate surface area is 190 Å². The molecule has 3 fully saturated rings. The number of fused-ring (bicyclic) bond motifs is 2. The molecule has 3 rings (SSSR count). The lowest BCUT2D eigenvalue weighted by Crippen LogP contribution is -2.73. The molecular weight excluding hydrogens is 416 g/mol. The van der Waals surface area contributed by atoms with Crippen molar-refractivity contribution in [3.63, 3.8) is 0 Å². The number of ketones is 1. The van der Waals surface area contributed by atoms with Gasteiger partial charge in [-0.1, -0.05) is 20.8 Å². The van der Waals surface area contributed by atoms with Gasteiger partial charge in [-0.25, -0.2) is 0 Å². The van der Waals surface area contributed by atoms with E-state index in [2.05, 4.69) is 6.92 Å². The summed E-state index contributed by atoms with van der Waals surface area (Å²) in [6, 6.07) is 0. The number of aliphatic hydroxyl groups excluding tert-OH is 2. The zero-order valence-electron chi connectivity index (χ0n) is 20.1. The van der Waals surface area contributed by atoms with Crippen LogP contribution in [0.3, 0.4) is 0 Å². The van der Waals surface area contributed by atoms with Crippen molar-refractivity contribution in [2.45, 2.75) is 97.1 Å². The van der Waals surface area contributed by atoms with Crippen molar-refractivity contribution in [2.24, 2.45) is 22.7 Å². The first kappa shape index (κ1) is 25.1. The summed E-state index contributed by atoms with van der Waals surface area (Å²) in [5, 5.41) is 20.2. The number of carbonyl (C=O) groups excluding carboxylic acids is 3. The van der Waals surface area contributed by atoms with Crippen LogP contribution in [0.15, 0.2) is 0 Å². The highest BCUT2D eigenvalue weighted by Crippen LogP contribution is 2.67. The average molecular weight is 455 g/mol. The van der Waals surface area contributed by atoms with Crippen molar-refractivity contribution in [2.75, 3.05) is 13.2 Å². The van der Waals surface area contributed by atoms with E-state index in [1.165, 1.54) is 13.8 Å². The zero-order chi connectivity index (χ0) is 24.1. The highest BCUT2D eigenvalue weighted by molar-refractivity contribution is 5.90. The average Bonchev–Trinajstić information content (AvgIpc) is 3.06. The monoisotopic (exact) mass is 454 g/mol. The number of hydrogen-bond donors (Lipinski definition) is 2. The molecule has 8 unspecified atom stereocenters. The van der Waals surface area contributed by atoms with Crippen molar-refractivity contribution >= 4 is 17.7 Å². The molecule has 182 valence electrons. The molecule has 8 heteroatoms. The van der Waals surface area contributed by atoms with Crippen molar-refractivity contribution < 1.29 is 38.8 Å². The standard InChI is InChI=1S/C24H38O8/c1-14-18(29)19(31-16(3)28)20-22(5,13-26)17(30-15(2)27)7-8-23(20,6)24(14)10-9-21(4,32-24)11-12-25/h14,17,19-20,25-26H,7-13H2,1-6H3. The molecule has 0 amide bonds. The molecule has 2 N–H and O–H groups in total. The molecule has 2 saturated carbocycles. The topological polar surface area (TPSA) is 119 Å². The highest BCUT2D eigenvalue weighted by atomic mass is 16.6. The molecule has 1 aliphatic heterocycles. The normalized spacial score (nSPS) is 46.1. The van der Waals surface area contributed by atoms with Gasteiger partial charge in [-0.15, -0.1) is 0 Å². The van der Waals surface area contributed by atoms with Gasteiger partial charge in [0.05, 0.1) is 17.8 Å². The van der Waals surface area contributed by atoms with Crippen molar-refractivity contribution in [3.8, 4) is 0 Å². The number of Topliss-reactive ketones (excluding diaryl/α,β-unsaturated/α-hetero) is 1. The van der Waals surface area contributed by atoms with Crippen LogP contribution in [0.5, 0.6) is 0 Å². The molecule has 0 bridgehead atoms. The largest absolute Gasteiger partial charge is 0.462 e. The summed E-state index contributed by atoms with van der Waals surface area (Å²) < 4.78 is 18.0. The maximum Gasteiger partial charge on any atom is 0.303 e. The Morgan fingerprint density at radius 2 is 1.69 bits per heavy atom. The van der Waals surface area contributed by atoms with Crippen LogP contribution in [0, 0.1) is 22.7 Å². The molecule has 0 aromatic carbocycles. The van der Waals surface area contributed by atoms with E-state index in [0.717, 1.165) is 0 Å². The fraction of sp³-hybridized carbons (Fsp3) is 0.875. The molecule has 1 saturated heterocycles. The van der Waals surface area contributed by atoms with Crippen LogP contribution in [-0.4, -0.2) is 64.6 Å². The van der Waals surface area contributed by atoms with Crippen molar-refractivity contribution in [3.05, 3.63) is 0 Å². The molecule has 8 nitrogen and oxygen atoms in total. The third kappa shape index (κ3) is 3.59. The van der Waals surface area contributed by atoms with Crippen LogP contribution in [0.25, 0.3) is 0 Å². The molecule has 0 aromatic heterocycles. The first-order valence-corrected chi connectivity index (χ1v) is 11.6. The second kappa shape index (κ2) is 8.37. The van der Waals surface area contributed by atoms with Crippen LogP contribution in [0.2, 0.25) is 0 Å². The van der Waals surface area contributed by atoms with E-state index in [0.29, 0.717) is 32.1 Å². The predicted octanol–water partition coefficient (Wildman–Crippen LogP) is 2.17. The predicted molar refractivity (Wildman–Crippen MR) is 114 cm³/mol. The lowest BCUT2D eigenvalue weighted by Gasteiger charge is -2.65. The first-order valence-electron chi connectivity index (χ1n) is 11.6. The van der Waals surface area contributed by atoms with Gasteiger partial charge in [0.2, 0.25) is 0 Å². The van der Waals surface area contributed by atoms with Crippen LogP contribution in [0.4, 0.5) is 0 Å². The third-order valence-electron chi connectivity index (χ3n) is 8.77. The number of esters is 2. The van der Waals surface area contributed by atoms with Gasteiger partial charge in [-0.2, -0.15) is 0 Å². The molecule has 3 aliphatic rings. The summed E-state index contributed by atoms with van der Waals surface area (Å²) in [7, 11) is 0. The Bertz CT molecular complexity index is 782. The van der Waals surface area contributed by atoms with Gasteiger partial charge in [-0.3, -0.25) is 14.4 Å². The summed E-state index contributed by atoms with van der Waals surface area (Å²) >= 11 is 0. The first-order chi connectivity index (χ1) is 14.8. The highest BCUT2D eigenvalue weighted by Gasteiger charge is 2.74. The number of rotatable bonds is 5. The van der Waals surface area contributed by atoms with Crippen molar-refractivity contribution in [1.29, 1.82) is 0 Å². The van der Waals surface area contributed by atoms with E-state index in [-0.39, 0.29) is 19.0 Å². The van der Waals surface area contributed by atoms with Gasteiger partial charge in [-0.05, 0) is 39.0 Å². The number of hydrogen-bond acceptors (Lipinski definition) is 8. The Morgan fingerprint density at radius 3 is 2.22 bits per heavy atom. The molecule has 2 aliphatic carbocycles. The third-order valence-corrected chi connectivity index (χ3v) is 8.77. The van der Waals surface area contributed by atoms with Crippen LogP contribution in [-0.2, 0) is 28.6 Å². The molecule has 0 aromatic rings. The van der Waals surface area contributed by atoms with Crippen LogP contribution < -0.4 is 0 Å². The Hall–Kier alpha value is -1.51. The van der Waals surface area contributed by atoms with Gasteiger partial charge >= 0.3 is 11.9 Å². The van der Waals surface area contributed by atoms with E-state index in [4.69, 9.17) is 14.2 Å². The maximum atomic E-state index is 13.7. The second-order valence-electron chi connectivity index (χ2n) is 10.8. The number of aliphatic hydroxyl groups is 2. The summed E-state index contributed by atoms with van der Waals surface area (Å²) in [5.41, 5.74) is -3.07. The quantitative estimate of drug-likeness (QED) is 0.607. The Morgan fingerprint density at radius 1 is 1.06 bits per heavy atom. The van der Waals surface area contributed by atoms with Gasteiger partial charge in [0.1, 0.15) is 6.10 Å². The van der Waals surface area contributed by atoms with E-state index in [1.807, 2.05) is 13.8 Å². The van der Waals surface area contributed by atoms with Gasteiger partial charge in [0, 0.05) is 43.1 Å². The second-order valence-corrected chi connectivity index (χ2v) is 10.8. The van der Waals surface area contributed by atoms with Crippen molar-refractivity contribution in [1.82, 2.24) is 0 Å². The van der Waals surface area contributed by atoms with E-state index in [9.17, 15) is 24.6 Å². The lowest BCUT2D eigenvalue weighted by molar-refractivity contribution is -0.279. The Balaban J connectivity index is 2.18. The minimum atomic E-state index is -1.07. The summed E-state index contributed by atoms with van der Waals surface area (Å²) in [4.78, 5) is 37.6. The molecule has 1 heterocycles. The van der Waals surface area contributed by atoms with Gasteiger partial charge in [0.15, 0.2) is 11.9 Å². The summed E-state index contributed by atoms with van der Waals surface area (Å²) in [6.07, 6.45) is 1.16. The Kier molecular flexibility index (Phi) is 6.57. The van der Waals surface area contributed by atoms with Crippen LogP contribution >= 0.6 is 0 Å². The molecule has 32 heavy (non-hydrogen) atoms. The smallest absolute Gasteiger partial charge is 0.303 e. The fourth-order valence-corrected chi connectivity index (χ4v) is 7.14. The summed E-state index contributed by atoms with van der Waals surface area (Å²) in [6.45, 7) is 9.89. The lowest BCUT2D eigenvalue weighted by atomic mass is 9.42. The van der Waals surface area contributed by atoms with Crippen LogP contribution in [0.1, 0.15) is 73.6 Å². The maximum absolute atomic E-state index is 13.7. The van der Waals surface area contributed by atoms with Gasteiger partial charge in [0.25, 0.3) is 0 Å². The number of ether oxygens (including phenoxy) is 3. The molecular formula is C24H38O8. The molecule has 8 atom stereocenters. The fourth-order valence-electron chi connectivity index (χ4n) is 7.14. The van der Waals surface area contributed by atoms with E-state index < -0.39 is 58.0 Å². The minimum absolute atomic E-state index is 0.0198. The van der Waals surface area contributed by atoms with E-state index >= 15 is 0 Å². The molecule has 1 spiro atoms. The summed E-state index contributed by atoms with van der Waals surface area (Å²) in [5.74, 6) is -2.41. The minimum Gasteiger partial charge on any atom is -0.462 e. The molecule has 0 radical (unpaired) electrons. The zero-order valence-corrected chi connectivity index (χ0v) is 20.1. The van der Waals surface area contributed by atoms with Gasteiger partial charge < -0.3 is 24.4 Å². The van der Waals surface area contributed by atoms with E-state index in [1.54, 1.807) is 6.92 Å². The number of carbonyl (C=O) groups is 3. The SMILES string of the molecule is CC(=O)OC1C(=O)C(C)C2(CCC(C)(CCO)O2)C2(C)CCC(OC(C)=O)C(C)(CO)C12.